The Kier molecular flexibility index (Phi) is 10.4. The number of nitrogens with zero attached hydrogens (tertiary/aromatic N) is 1. The summed E-state index contributed by atoms with van der Waals surface area (Å²) in [6, 6.07) is 21.0. The Labute approximate surface area is 263 Å². The number of rotatable bonds is 7. The van der Waals surface area contributed by atoms with Crippen molar-refractivity contribution in [2.75, 3.05) is 5.32 Å². The number of aromatic nitrogens is 1. The summed E-state index contributed by atoms with van der Waals surface area (Å²) in [6.45, 7) is 3.62. The number of carbonyl (C=O) groups is 1. The molecule has 0 saturated heterocycles. The van der Waals surface area contributed by atoms with Gasteiger partial charge in [0.15, 0.2) is 0 Å². The summed E-state index contributed by atoms with van der Waals surface area (Å²) < 4.78 is 10.0. The normalized spacial score (nSPS) is 13.8. The second-order valence-corrected chi connectivity index (χ2v) is 10.7. The van der Waals surface area contributed by atoms with Crippen molar-refractivity contribution in [1.29, 1.82) is 0 Å². The molecule has 1 saturated carbocycles. The predicted octanol–water partition coefficient (Wildman–Crippen LogP) is 5.37. The maximum atomic E-state index is 12.7. The largest absolute Gasteiger partial charge is 1.00 e. The van der Waals surface area contributed by atoms with Gasteiger partial charge in [-0.2, -0.15) is 4.37 Å². The van der Waals surface area contributed by atoms with E-state index >= 15 is 0 Å². The minimum absolute atomic E-state index is 0. The molecule has 39 heavy (non-hydrogen) atoms. The fourth-order valence-electron chi connectivity index (χ4n) is 4.32. The molecule has 1 aromatic heterocycles. The third kappa shape index (κ3) is 6.57. The minimum Gasteiger partial charge on any atom is -0.870 e. The average Bonchev–Trinajstić information content (AvgIpc) is 3.61. The molecule has 0 radical (unpaired) electrons. The second-order valence-electron chi connectivity index (χ2n) is 9.12. The monoisotopic (exact) mass is 589 g/mol. The molecule has 1 amide bonds. The van der Waals surface area contributed by atoms with E-state index in [2.05, 4.69) is 16.0 Å². The van der Waals surface area contributed by atoms with E-state index in [1.54, 1.807) is 13.0 Å². The number of halogens is 2. The van der Waals surface area contributed by atoms with E-state index in [9.17, 15) is 9.59 Å². The summed E-state index contributed by atoms with van der Waals surface area (Å²) in [7, 11) is 0. The van der Waals surface area contributed by atoms with Gasteiger partial charge in [0.25, 0.3) is 0 Å². The van der Waals surface area contributed by atoms with Gasteiger partial charge in [0, 0.05) is 15.6 Å². The number of aryl methyl sites for hydroxylation is 1. The van der Waals surface area contributed by atoms with E-state index in [-0.39, 0.29) is 35.0 Å². The smallest absolute Gasteiger partial charge is 0.870 e. The zero-order chi connectivity index (χ0) is 26.2. The van der Waals surface area contributed by atoms with Gasteiger partial charge in [-0.05, 0) is 59.8 Å². The van der Waals surface area contributed by atoms with Gasteiger partial charge in [0.1, 0.15) is 6.10 Å². The first-order valence-corrected chi connectivity index (χ1v) is 13.3. The fourth-order valence-corrected chi connectivity index (χ4v) is 5.82. The van der Waals surface area contributed by atoms with Crippen LogP contribution in [0.1, 0.15) is 42.7 Å². The van der Waals surface area contributed by atoms with Crippen LogP contribution in [0.3, 0.4) is 0 Å². The standard InChI is InChI=1S/C29H23Cl2N2O3S.Na.H2O/c1-17-26(32-28(35)36-18(2)22-5-3-4-6-24(22)30)27(37-33-17)20-9-7-19(8-10-20)21-11-12-23(25(31)15-21)29(16-34)13-14-29;;/h3-12,15,18H,13-14H2,1-2H3,(H,32,35);;1H2/q-1;+1;/p-1/t18-;;/m1../s1. The molecule has 1 atom stereocenters. The Morgan fingerprint density at radius 3 is 2.28 bits per heavy atom. The first kappa shape index (κ1) is 31.3. The molecule has 10 heteroatoms. The Morgan fingerprint density at radius 1 is 1.03 bits per heavy atom. The van der Waals surface area contributed by atoms with Crippen molar-refractivity contribution >= 4 is 52.8 Å². The quantitative estimate of drug-likeness (QED) is 0.231. The number of carbonyl (C=O) groups excluding carboxylic acids is 2. The van der Waals surface area contributed by atoms with Gasteiger partial charge < -0.3 is 15.0 Å². The Hall–Kier alpha value is -2.23. The van der Waals surface area contributed by atoms with Crippen molar-refractivity contribution in [3.63, 3.8) is 0 Å². The molecule has 1 heterocycles. The third-order valence-electron chi connectivity index (χ3n) is 6.63. The maximum Gasteiger partial charge on any atom is 1.00 e. The van der Waals surface area contributed by atoms with Crippen molar-refractivity contribution in [2.24, 2.45) is 0 Å². The summed E-state index contributed by atoms with van der Waals surface area (Å²) >= 11 is 14.1. The molecule has 1 aliphatic carbocycles. The number of amides is 1. The van der Waals surface area contributed by atoms with Crippen LogP contribution < -0.4 is 34.9 Å². The summed E-state index contributed by atoms with van der Waals surface area (Å²) in [5.74, 6) is 0. The van der Waals surface area contributed by atoms with Crippen LogP contribution in [0, 0.1) is 6.92 Å². The summed E-state index contributed by atoms with van der Waals surface area (Å²) in [4.78, 5) is 24.9. The zero-order valence-electron chi connectivity index (χ0n) is 21.6. The SMILES string of the molecule is Cc1nsc(-c2ccc(-c3ccc(C4([C-]=O)CC4)c(Cl)c3)cc2)c1NC(=O)O[C@H](C)c1ccccc1Cl.[Na+].[OH-]. The Bertz CT molecular complexity index is 1490. The Balaban J connectivity index is 0.00000210. The van der Waals surface area contributed by atoms with Crippen LogP contribution in [0.25, 0.3) is 21.6 Å². The van der Waals surface area contributed by atoms with E-state index in [0.29, 0.717) is 21.4 Å². The molecule has 2 N–H and O–H groups in total. The molecule has 1 aliphatic rings. The third-order valence-corrected chi connectivity index (χ3v) is 8.27. The number of hydrogen-bond acceptors (Lipinski definition) is 6. The van der Waals surface area contributed by atoms with E-state index in [4.69, 9.17) is 27.9 Å². The molecule has 1 fully saturated rings. The predicted molar refractivity (Wildman–Crippen MR) is 151 cm³/mol. The number of ether oxygens (including phenoxy) is 1. The number of hydrogen-bond donors (Lipinski definition) is 1. The Morgan fingerprint density at radius 2 is 1.67 bits per heavy atom. The van der Waals surface area contributed by atoms with Crippen LogP contribution in [-0.2, 0) is 14.9 Å². The number of benzene rings is 3. The molecular formula is C29H24Cl2N2NaO4S-. The van der Waals surface area contributed by atoms with Gasteiger partial charge in [0.2, 0.25) is 0 Å². The van der Waals surface area contributed by atoms with E-state index in [1.807, 2.05) is 67.6 Å². The molecule has 0 bridgehead atoms. The van der Waals surface area contributed by atoms with Crippen molar-refractivity contribution < 1.29 is 49.4 Å². The maximum absolute atomic E-state index is 12.7. The second kappa shape index (κ2) is 13.0. The van der Waals surface area contributed by atoms with Gasteiger partial charge in [-0.15, -0.1) is 5.41 Å². The summed E-state index contributed by atoms with van der Waals surface area (Å²) in [6.07, 6.45) is 2.65. The molecule has 4 aromatic rings. The molecule has 0 aliphatic heterocycles. The first-order chi connectivity index (χ1) is 17.8. The summed E-state index contributed by atoms with van der Waals surface area (Å²) in [5, 5.41) is 3.98. The molecule has 5 rings (SSSR count). The van der Waals surface area contributed by atoms with Gasteiger partial charge in [-0.1, -0.05) is 90.6 Å². The molecule has 0 spiro atoms. The van der Waals surface area contributed by atoms with Crippen molar-refractivity contribution in [3.05, 3.63) is 93.6 Å². The number of nitrogens with one attached hydrogen (secondary N) is 1. The minimum atomic E-state index is -0.579. The van der Waals surface area contributed by atoms with Crippen LogP contribution in [0.15, 0.2) is 66.7 Å². The zero-order valence-corrected chi connectivity index (χ0v) is 26.0. The summed E-state index contributed by atoms with van der Waals surface area (Å²) in [5.41, 5.74) is 5.23. The van der Waals surface area contributed by atoms with Gasteiger partial charge in [-0.3, -0.25) is 11.6 Å². The molecule has 6 nitrogen and oxygen atoms in total. The molecule has 3 aromatic carbocycles. The van der Waals surface area contributed by atoms with Crippen LogP contribution in [0.5, 0.6) is 0 Å². The molecular weight excluding hydrogens is 566 g/mol. The van der Waals surface area contributed by atoms with Crippen molar-refractivity contribution in [2.45, 2.75) is 38.2 Å². The van der Waals surface area contributed by atoms with E-state index in [1.165, 1.54) is 11.5 Å². The van der Waals surface area contributed by atoms with Crippen LogP contribution in [0.4, 0.5) is 10.5 Å². The molecule has 196 valence electrons. The van der Waals surface area contributed by atoms with Crippen molar-refractivity contribution in [1.82, 2.24) is 4.37 Å². The van der Waals surface area contributed by atoms with Crippen molar-refractivity contribution in [3.8, 4) is 21.6 Å². The fraction of sp³-hybridized carbons (Fsp3) is 0.207. The topological polar surface area (TPSA) is 98.3 Å². The van der Waals surface area contributed by atoms with Crippen LogP contribution in [-0.4, -0.2) is 22.2 Å². The van der Waals surface area contributed by atoms with Gasteiger partial charge in [-0.25, -0.2) is 4.79 Å². The van der Waals surface area contributed by atoms with Crippen LogP contribution >= 0.6 is 34.7 Å². The first-order valence-electron chi connectivity index (χ1n) is 11.8. The van der Waals surface area contributed by atoms with Gasteiger partial charge in [0.05, 0.1) is 16.3 Å². The van der Waals surface area contributed by atoms with Crippen LogP contribution in [0.2, 0.25) is 10.0 Å². The average molecular weight is 590 g/mol. The van der Waals surface area contributed by atoms with Gasteiger partial charge >= 0.3 is 35.7 Å². The molecule has 0 unspecified atom stereocenters. The van der Waals surface area contributed by atoms with E-state index < -0.39 is 17.6 Å². The number of anilines is 1. The van der Waals surface area contributed by atoms with E-state index in [0.717, 1.165) is 45.5 Å².